The van der Waals surface area contributed by atoms with E-state index >= 15 is 0 Å². The highest BCUT2D eigenvalue weighted by Crippen LogP contribution is 2.30. The van der Waals surface area contributed by atoms with Gasteiger partial charge >= 0.3 is 0 Å². The maximum Gasteiger partial charge on any atom is 0.253 e. The van der Waals surface area contributed by atoms with Crippen LogP contribution in [0.2, 0.25) is 0 Å². The molecule has 1 heterocycles. The van der Waals surface area contributed by atoms with Crippen LogP contribution < -0.4 is 5.56 Å². The summed E-state index contributed by atoms with van der Waals surface area (Å²) >= 11 is 0. The van der Waals surface area contributed by atoms with Gasteiger partial charge in [-0.15, -0.1) is 0 Å². The first-order valence-corrected chi connectivity index (χ1v) is 4.72. The molecule has 0 saturated heterocycles. The van der Waals surface area contributed by atoms with Crippen molar-refractivity contribution in [1.82, 2.24) is 9.55 Å². The fourth-order valence-electron chi connectivity index (χ4n) is 1.54. The smallest absolute Gasteiger partial charge is 0.253 e. The summed E-state index contributed by atoms with van der Waals surface area (Å²) in [6.07, 6.45) is 2.53. The van der Waals surface area contributed by atoms with Gasteiger partial charge in [0.2, 0.25) is 0 Å². The average Bonchev–Trinajstić information content (AvgIpc) is 2.79. The van der Waals surface area contributed by atoms with Gasteiger partial charge in [0, 0.05) is 18.3 Å². The molecule has 3 heteroatoms. The minimum absolute atomic E-state index is 0.0944. The van der Waals surface area contributed by atoms with Crippen LogP contribution in [0.4, 0.5) is 0 Å². The molecular weight excluding hydrogens is 164 g/mol. The van der Waals surface area contributed by atoms with Crippen molar-refractivity contribution >= 4 is 0 Å². The Balaban J connectivity index is 2.36. The molecule has 0 amide bonds. The molecule has 3 nitrogen and oxygen atoms in total. The van der Waals surface area contributed by atoms with Crippen LogP contribution in [0.5, 0.6) is 0 Å². The first-order chi connectivity index (χ1) is 6.16. The van der Waals surface area contributed by atoms with Crippen LogP contribution >= 0.6 is 0 Å². The van der Waals surface area contributed by atoms with Crippen LogP contribution in [0.3, 0.4) is 0 Å². The van der Waals surface area contributed by atoms with E-state index in [1.807, 2.05) is 13.8 Å². The van der Waals surface area contributed by atoms with Crippen molar-refractivity contribution in [3.05, 3.63) is 27.9 Å². The topological polar surface area (TPSA) is 34.9 Å². The molecule has 1 aliphatic carbocycles. The molecule has 0 spiro atoms. The number of hydrogen-bond donors (Lipinski definition) is 0. The van der Waals surface area contributed by atoms with E-state index in [4.69, 9.17) is 0 Å². The van der Waals surface area contributed by atoms with Gasteiger partial charge in [-0.2, -0.15) is 0 Å². The zero-order chi connectivity index (χ0) is 9.42. The summed E-state index contributed by atoms with van der Waals surface area (Å²) in [6.45, 7) is 4.62. The van der Waals surface area contributed by atoms with E-state index in [2.05, 4.69) is 4.98 Å². The van der Waals surface area contributed by atoms with Crippen molar-refractivity contribution < 1.29 is 0 Å². The fraction of sp³-hybridized carbons (Fsp3) is 0.600. The van der Waals surface area contributed by atoms with Gasteiger partial charge in [0.1, 0.15) is 5.82 Å². The summed E-state index contributed by atoms with van der Waals surface area (Å²) < 4.78 is 1.78. The van der Waals surface area contributed by atoms with E-state index in [0.717, 1.165) is 24.0 Å². The second-order valence-corrected chi connectivity index (χ2v) is 3.84. The monoisotopic (exact) mass is 178 g/mol. The lowest BCUT2D eigenvalue weighted by molar-refractivity contribution is 0.575. The SMILES string of the molecule is Cc1cc(=O)n(CC2CC2)c(C)n1. The third-order valence-electron chi connectivity index (χ3n) is 2.46. The molecule has 0 radical (unpaired) electrons. The number of aryl methyl sites for hydroxylation is 2. The Morgan fingerprint density at radius 3 is 2.77 bits per heavy atom. The Bertz CT molecular complexity index is 377. The normalized spacial score (nSPS) is 16.2. The van der Waals surface area contributed by atoms with Gasteiger partial charge in [-0.3, -0.25) is 9.36 Å². The van der Waals surface area contributed by atoms with Gasteiger partial charge in [0.15, 0.2) is 0 Å². The van der Waals surface area contributed by atoms with Gasteiger partial charge in [-0.1, -0.05) is 0 Å². The maximum absolute atomic E-state index is 11.5. The van der Waals surface area contributed by atoms with Crippen molar-refractivity contribution in [2.45, 2.75) is 33.2 Å². The van der Waals surface area contributed by atoms with E-state index in [-0.39, 0.29) is 5.56 Å². The molecule has 1 aliphatic rings. The van der Waals surface area contributed by atoms with E-state index in [1.165, 1.54) is 12.8 Å². The van der Waals surface area contributed by atoms with Crippen LogP contribution in [0.1, 0.15) is 24.4 Å². The molecule has 0 N–H and O–H groups in total. The number of nitrogens with zero attached hydrogens (tertiary/aromatic N) is 2. The predicted octanol–water partition coefficient (Wildman–Crippen LogP) is 1.27. The van der Waals surface area contributed by atoms with E-state index in [1.54, 1.807) is 10.6 Å². The molecule has 70 valence electrons. The largest absolute Gasteiger partial charge is 0.297 e. The zero-order valence-electron chi connectivity index (χ0n) is 8.08. The summed E-state index contributed by atoms with van der Waals surface area (Å²) in [4.78, 5) is 15.8. The van der Waals surface area contributed by atoms with Crippen molar-refractivity contribution in [3.63, 3.8) is 0 Å². The van der Waals surface area contributed by atoms with Gasteiger partial charge in [0.05, 0.1) is 0 Å². The van der Waals surface area contributed by atoms with Crippen molar-refractivity contribution in [2.75, 3.05) is 0 Å². The average molecular weight is 178 g/mol. The molecule has 2 rings (SSSR count). The lowest BCUT2D eigenvalue weighted by Crippen LogP contribution is -2.24. The molecule has 1 aromatic rings. The molecule has 0 aromatic carbocycles. The predicted molar refractivity (Wildman–Crippen MR) is 50.7 cm³/mol. The van der Waals surface area contributed by atoms with Crippen LogP contribution in [0, 0.1) is 19.8 Å². The first kappa shape index (κ1) is 8.48. The first-order valence-electron chi connectivity index (χ1n) is 4.72. The molecule has 0 unspecified atom stereocenters. The Morgan fingerprint density at radius 1 is 1.54 bits per heavy atom. The molecule has 1 fully saturated rings. The molecule has 1 aromatic heterocycles. The second kappa shape index (κ2) is 2.98. The third kappa shape index (κ3) is 1.79. The standard InChI is InChI=1S/C10H14N2O/c1-7-5-10(13)12(8(2)11-7)6-9-3-4-9/h5,9H,3-4,6H2,1-2H3. The van der Waals surface area contributed by atoms with Gasteiger partial charge in [-0.05, 0) is 32.6 Å². The molecule has 13 heavy (non-hydrogen) atoms. The summed E-state index contributed by atoms with van der Waals surface area (Å²) in [5.74, 6) is 1.57. The molecular formula is C10H14N2O. The minimum atomic E-state index is 0.0944. The zero-order valence-corrected chi connectivity index (χ0v) is 8.08. The second-order valence-electron chi connectivity index (χ2n) is 3.84. The lowest BCUT2D eigenvalue weighted by atomic mass is 10.3. The Hall–Kier alpha value is -1.12. The Labute approximate surface area is 77.4 Å². The third-order valence-corrected chi connectivity index (χ3v) is 2.46. The number of aromatic nitrogens is 2. The molecule has 0 aliphatic heterocycles. The van der Waals surface area contributed by atoms with Crippen molar-refractivity contribution in [3.8, 4) is 0 Å². The molecule has 0 bridgehead atoms. The van der Waals surface area contributed by atoms with Crippen LogP contribution in [-0.2, 0) is 6.54 Å². The quantitative estimate of drug-likeness (QED) is 0.683. The van der Waals surface area contributed by atoms with E-state index < -0.39 is 0 Å². The summed E-state index contributed by atoms with van der Waals surface area (Å²) in [5.41, 5.74) is 0.909. The van der Waals surface area contributed by atoms with E-state index in [9.17, 15) is 4.79 Å². The number of hydrogen-bond acceptors (Lipinski definition) is 2. The summed E-state index contributed by atoms with van der Waals surface area (Å²) in [6, 6.07) is 1.61. The molecule has 1 saturated carbocycles. The van der Waals surface area contributed by atoms with Crippen molar-refractivity contribution in [2.24, 2.45) is 5.92 Å². The molecule has 0 atom stereocenters. The fourth-order valence-corrected chi connectivity index (χ4v) is 1.54. The van der Waals surface area contributed by atoms with Gasteiger partial charge in [-0.25, -0.2) is 4.98 Å². The lowest BCUT2D eigenvalue weighted by Gasteiger charge is -2.07. The summed E-state index contributed by atoms with van der Waals surface area (Å²) in [5, 5.41) is 0. The summed E-state index contributed by atoms with van der Waals surface area (Å²) in [7, 11) is 0. The van der Waals surface area contributed by atoms with Gasteiger partial charge in [0.25, 0.3) is 5.56 Å². The Morgan fingerprint density at radius 2 is 2.23 bits per heavy atom. The minimum Gasteiger partial charge on any atom is -0.297 e. The van der Waals surface area contributed by atoms with Crippen LogP contribution in [0.25, 0.3) is 0 Å². The van der Waals surface area contributed by atoms with Crippen LogP contribution in [-0.4, -0.2) is 9.55 Å². The highest BCUT2D eigenvalue weighted by Gasteiger charge is 2.22. The highest BCUT2D eigenvalue weighted by molar-refractivity contribution is 5.02. The van der Waals surface area contributed by atoms with Crippen LogP contribution in [0.15, 0.2) is 10.9 Å². The van der Waals surface area contributed by atoms with E-state index in [0.29, 0.717) is 0 Å². The highest BCUT2D eigenvalue weighted by atomic mass is 16.1. The van der Waals surface area contributed by atoms with Crippen molar-refractivity contribution in [1.29, 1.82) is 0 Å². The maximum atomic E-state index is 11.5. The Kier molecular flexibility index (Phi) is 1.94. The van der Waals surface area contributed by atoms with Gasteiger partial charge < -0.3 is 0 Å². The number of rotatable bonds is 2.